The molecule has 7 heteroatoms. The van der Waals surface area contributed by atoms with E-state index in [0.29, 0.717) is 12.5 Å². The zero-order chi connectivity index (χ0) is 14.5. The first-order chi connectivity index (χ1) is 8.93. The fourth-order valence-electron chi connectivity index (χ4n) is 1.70. The van der Waals surface area contributed by atoms with Crippen LogP contribution in [0.5, 0.6) is 0 Å². The third kappa shape index (κ3) is 3.87. The van der Waals surface area contributed by atoms with Crippen LogP contribution in [0.25, 0.3) is 0 Å². The summed E-state index contributed by atoms with van der Waals surface area (Å²) in [7, 11) is -1.92. The van der Waals surface area contributed by atoms with Gasteiger partial charge in [-0.2, -0.15) is 4.31 Å². The summed E-state index contributed by atoms with van der Waals surface area (Å²) in [6.45, 7) is 6.55. The molecule has 0 fully saturated rings. The van der Waals surface area contributed by atoms with Crippen molar-refractivity contribution in [1.29, 1.82) is 0 Å². The molecule has 19 heavy (non-hydrogen) atoms. The molecule has 0 aliphatic carbocycles. The number of nitrogens with zero attached hydrogens (tertiary/aromatic N) is 3. The van der Waals surface area contributed by atoms with Gasteiger partial charge in [0.1, 0.15) is 4.90 Å². The second-order valence-electron chi connectivity index (χ2n) is 4.43. The Labute approximate surface area is 115 Å². The first-order valence-corrected chi connectivity index (χ1v) is 7.91. The second-order valence-corrected chi connectivity index (χ2v) is 6.43. The van der Waals surface area contributed by atoms with Crippen LogP contribution in [0, 0.1) is 0 Å². The highest BCUT2D eigenvalue weighted by Crippen LogP contribution is 2.17. The van der Waals surface area contributed by atoms with E-state index in [-0.39, 0.29) is 10.9 Å². The highest BCUT2D eigenvalue weighted by Gasteiger charge is 2.25. The van der Waals surface area contributed by atoms with Gasteiger partial charge < -0.3 is 5.32 Å². The minimum Gasteiger partial charge on any atom is -0.355 e. The molecule has 108 valence electrons. The SMILES string of the molecule is CCCC(C)N(C)S(=O)(=O)c1cnc(NCC)nc1. The van der Waals surface area contributed by atoms with Crippen LogP contribution in [0.2, 0.25) is 0 Å². The number of rotatable bonds is 7. The van der Waals surface area contributed by atoms with Crippen molar-refractivity contribution in [3.05, 3.63) is 12.4 Å². The van der Waals surface area contributed by atoms with Crippen LogP contribution >= 0.6 is 0 Å². The van der Waals surface area contributed by atoms with E-state index in [1.165, 1.54) is 16.7 Å². The third-order valence-corrected chi connectivity index (χ3v) is 4.89. The summed E-state index contributed by atoms with van der Waals surface area (Å²) in [6, 6.07) is -0.0385. The average Bonchev–Trinajstić information content (AvgIpc) is 2.39. The van der Waals surface area contributed by atoms with E-state index in [2.05, 4.69) is 15.3 Å². The molecular weight excluding hydrogens is 264 g/mol. The zero-order valence-corrected chi connectivity index (χ0v) is 12.7. The minimum absolute atomic E-state index is 0.0385. The van der Waals surface area contributed by atoms with Crippen molar-refractivity contribution in [1.82, 2.24) is 14.3 Å². The van der Waals surface area contributed by atoms with Gasteiger partial charge in [0.2, 0.25) is 16.0 Å². The molecule has 0 radical (unpaired) electrons. The second kappa shape index (κ2) is 6.81. The van der Waals surface area contributed by atoms with E-state index in [1.54, 1.807) is 7.05 Å². The third-order valence-electron chi connectivity index (χ3n) is 2.97. The van der Waals surface area contributed by atoms with Crippen LogP contribution in [0.15, 0.2) is 17.3 Å². The van der Waals surface area contributed by atoms with Gasteiger partial charge in [-0.05, 0) is 20.3 Å². The fourth-order valence-corrected chi connectivity index (χ4v) is 2.99. The van der Waals surface area contributed by atoms with E-state index in [0.717, 1.165) is 12.8 Å². The Morgan fingerprint density at radius 2 is 1.89 bits per heavy atom. The lowest BCUT2D eigenvalue weighted by molar-refractivity contribution is 0.368. The Kier molecular flexibility index (Phi) is 5.68. The van der Waals surface area contributed by atoms with Crippen molar-refractivity contribution in [2.75, 3.05) is 18.9 Å². The molecular formula is C12H22N4O2S. The Hall–Kier alpha value is -1.21. The van der Waals surface area contributed by atoms with Crippen molar-refractivity contribution in [3.63, 3.8) is 0 Å². The van der Waals surface area contributed by atoms with Gasteiger partial charge in [0.15, 0.2) is 0 Å². The first kappa shape index (κ1) is 15.8. The molecule has 6 nitrogen and oxygen atoms in total. The van der Waals surface area contributed by atoms with E-state index < -0.39 is 10.0 Å². The van der Waals surface area contributed by atoms with Crippen molar-refractivity contribution < 1.29 is 8.42 Å². The van der Waals surface area contributed by atoms with E-state index >= 15 is 0 Å². The summed E-state index contributed by atoms with van der Waals surface area (Å²) in [5, 5.41) is 2.93. The fraction of sp³-hybridized carbons (Fsp3) is 0.667. The number of sulfonamides is 1. The van der Waals surface area contributed by atoms with Crippen LogP contribution in [-0.4, -0.2) is 42.3 Å². The Balaban J connectivity index is 2.93. The first-order valence-electron chi connectivity index (χ1n) is 6.47. The zero-order valence-electron chi connectivity index (χ0n) is 11.9. The molecule has 0 saturated carbocycles. The van der Waals surface area contributed by atoms with Crippen LogP contribution in [0.1, 0.15) is 33.6 Å². The molecule has 1 N–H and O–H groups in total. The summed E-state index contributed by atoms with van der Waals surface area (Å²) in [5.41, 5.74) is 0. The van der Waals surface area contributed by atoms with E-state index in [1.807, 2.05) is 20.8 Å². The van der Waals surface area contributed by atoms with Crippen LogP contribution in [0.3, 0.4) is 0 Å². The van der Waals surface area contributed by atoms with Gasteiger partial charge in [0.25, 0.3) is 0 Å². The van der Waals surface area contributed by atoms with Gasteiger partial charge in [-0.15, -0.1) is 0 Å². The quantitative estimate of drug-likeness (QED) is 0.826. The van der Waals surface area contributed by atoms with Gasteiger partial charge in [0.05, 0.1) is 12.4 Å². The van der Waals surface area contributed by atoms with Crippen LogP contribution in [-0.2, 0) is 10.0 Å². The molecule has 0 aliphatic rings. The van der Waals surface area contributed by atoms with Gasteiger partial charge >= 0.3 is 0 Å². The summed E-state index contributed by atoms with van der Waals surface area (Å²) < 4.78 is 26.1. The molecule has 1 unspecified atom stereocenters. The number of hydrogen-bond acceptors (Lipinski definition) is 5. The van der Waals surface area contributed by atoms with Crippen molar-refractivity contribution in [2.24, 2.45) is 0 Å². The lowest BCUT2D eigenvalue weighted by Crippen LogP contribution is -2.35. The predicted octanol–water partition coefficient (Wildman–Crippen LogP) is 1.72. The molecule has 1 heterocycles. The molecule has 0 bridgehead atoms. The normalized spacial score (nSPS) is 13.5. The minimum atomic E-state index is -3.51. The predicted molar refractivity (Wildman–Crippen MR) is 75.5 cm³/mol. The largest absolute Gasteiger partial charge is 0.355 e. The molecule has 0 spiro atoms. The molecule has 1 aromatic rings. The molecule has 1 aromatic heterocycles. The Morgan fingerprint density at radius 1 is 1.32 bits per heavy atom. The number of nitrogens with one attached hydrogen (secondary N) is 1. The number of anilines is 1. The molecule has 0 aromatic carbocycles. The molecule has 0 saturated heterocycles. The maximum atomic E-state index is 12.3. The summed E-state index contributed by atoms with van der Waals surface area (Å²) >= 11 is 0. The molecule has 0 amide bonds. The van der Waals surface area contributed by atoms with E-state index in [9.17, 15) is 8.42 Å². The van der Waals surface area contributed by atoms with Gasteiger partial charge in [-0.1, -0.05) is 13.3 Å². The maximum absolute atomic E-state index is 12.3. The molecule has 0 aliphatic heterocycles. The standard InChI is InChI=1S/C12H22N4O2S/c1-5-7-10(3)16(4)19(17,18)11-8-14-12(13-6-2)15-9-11/h8-10H,5-7H2,1-4H3,(H,13,14,15). The number of hydrogen-bond donors (Lipinski definition) is 1. The van der Waals surface area contributed by atoms with Gasteiger partial charge in [-0.25, -0.2) is 18.4 Å². The summed E-state index contributed by atoms with van der Waals surface area (Å²) in [4.78, 5) is 8.11. The monoisotopic (exact) mass is 286 g/mol. The van der Waals surface area contributed by atoms with Crippen LogP contribution < -0.4 is 5.32 Å². The van der Waals surface area contributed by atoms with Gasteiger partial charge in [0, 0.05) is 19.6 Å². The molecule has 1 rings (SSSR count). The molecule has 1 atom stereocenters. The number of aromatic nitrogens is 2. The Bertz CT molecular complexity index is 487. The van der Waals surface area contributed by atoms with Crippen molar-refractivity contribution in [2.45, 2.75) is 44.6 Å². The smallest absolute Gasteiger partial charge is 0.246 e. The van der Waals surface area contributed by atoms with E-state index in [4.69, 9.17) is 0 Å². The highest BCUT2D eigenvalue weighted by molar-refractivity contribution is 7.89. The highest BCUT2D eigenvalue weighted by atomic mass is 32.2. The van der Waals surface area contributed by atoms with Crippen molar-refractivity contribution >= 4 is 16.0 Å². The van der Waals surface area contributed by atoms with Crippen LogP contribution in [0.4, 0.5) is 5.95 Å². The summed E-state index contributed by atoms with van der Waals surface area (Å²) in [5.74, 6) is 0.436. The van der Waals surface area contributed by atoms with Gasteiger partial charge in [-0.3, -0.25) is 0 Å². The Morgan fingerprint density at radius 3 is 2.37 bits per heavy atom. The average molecular weight is 286 g/mol. The summed E-state index contributed by atoms with van der Waals surface area (Å²) in [6.07, 6.45) is 4.45. The lowest BCUT2D eigenvalue weighted by Gasteiger charge is -2.23. The van der Waals surface area contributed by atoms with Crippen molar-refractivity contribution in [3.8, 4) is 0 Å². The lowest BCUT2D eigenvalue weighted by atomic mass is 10.2. The maximum Gasteiger partial charge on any atom is 0.246 e. The topological polar surface area (TPSA) is 75.2 Å².